The predicted molar refractivity (Wildman–Crippen MR) is 157 cm³/mol. The Hall–Kier alpha value is -0.617. The van der Waals surface area contributed by atoms with Gasteiger partial charge in [-0.15, -0.1) is 0 Å². The molecule has 0 saturated heterocycles. The smallest absolute Gasteiger partial charge is 1.00 e. The zero-order valence-corrected chi connectivity index (χ0v) is 29.5. The monoisotopic (exact) mass is 650 g/mol. The number of allylic oxidation sites excluding steroid dienone is 4. The molecule has 2 aromatic rings. The van der Waals surface area contributed by atoms with Gasteiger partial charge in [0.2, 0.25) is 0 Å². The van der Waals surface area contributed by atoms with E-state index in [0.717, 1.165) is 17.8 Å². The first-order chi connectivity index (χ1) is 17.9. The molecule has 40 heavy (non-hydrogen) atoms. The van der Waals surface area contributed by atoms with E-state index in [-0.39, 0.29) is 35.6 Å². The Morgan fingerprint density at radius 3 is 1.57 bits per heavy atom. The van der Waals surface area contributed by atoms with Crippen LogP contribution < -0.4 is 24.8 Å². The van der Waals surface area contributed by atoms with Crippen LogP contribution in [0.4, 0.5) is 0 Å². The maximum absolute atomic E-state index is 2.65. The Morgan fingerprint density at radius 1 is 0.700 bits per heavy atom. The summed E-state index contributed by atoms with van der Waals surface area (Å²) in [6.07, 6.45) is 14.3. The van der Waals surface area contributed by atoms with Crippen LogP contribution in [0.15, 0.2) is 57.4 Å². The summed E-state index contributed by atoms with van der Waals surface area (Å²) in [5.74, 6) is 3.71. The third-order valence-electron chi connectivity index (χ3n) is 11.0. The molecular weight excluding hydrogens is 607 g/mol. The molecule has 0 aromatic heterocycles. The van der Waals surface area contributed by atoms with Crippen molar-refractivity contribution in [2.45, 2.75) is 101 Å². The molecule has 4 bridgehead atoms. The van der Waals surface area contributed by atoms with E-state index < -0.39 is 23.2 Å². The first kappa shape index (κ1) is 30.8. The summed E-state index contributed by atoms with van der Waals surface area (Å²) in [6.45, 7) is 16.7. The Bertz CT molecular complexity index is 1270. The average Bonchev–Trinajstić information content (AvgIpc) is 3.35. The second-order valence-electron chi connectivity index (χ2n) is 15.9. The molecular formula is C37H46Cl2Zr. The van der Waals surface area contributed by atoms with Crippen molar-refractivity contribution in [2.75, 3.05) is 0 Å². The van der Waals surface area contributed by atoms with Gasteiger partial charge in [0.1, 0.15) is 0 Å². The minimum atomic E-state index is -0.891. The molecule has 1 unspecified atom stereocenters. The SMILES string of the molecule is CC1C=CC(C23CC4CC(CC(C4)C2)C3)=[C]1[Zr+2][CH]1c2ccc(C(C)(C)C)cc2-c2cc(C(C)(C)C)ccc21.[Cl-].[Cl-]. The predicted octanol–water partition coefficient (Wildman–Crippen LogP) is 4.12. The van der Waals surface area contributed by atoms with Crippen molar-refractivity contribution in [2.24, 2.45) is 29.1 Å². The van der Waals surface area contributed by atoms with Crippen molar-refractivity contribution >= 4 is 0 Å². The fourth-order valence-corrected chi connectivity index (χ4v) is 14.2. The average molecular weight is 653 g/mol. The minimum absolute atomic E-state index is 0. The molecule has 0 N–H and O–H groups in total. The standard InChI is InChI=1S/C21H25.C16H21.2ClH.Zr/c1-20(2,3)16-9-7-14-11-15-8-10-17(21(4,5)6)13-19(15)18(14)12-16;1-11-2-3-15(4-11)16-8-12-5-13(9-16)7-14(6-12)10-16;;;/h7-13H,1-6H3;2-3,11-14H,5-10H2,1H3;2*1H;/q;;;;+2/p-2. The number of benzene rings is 2. The Kier molecular flexibility index (Phi) is 8.11. The van der Waals surface area contributed by atoms with Gasteiger partial charge in [-0.3, -0.25) is 0 Å². The van der Waals surface area contributed by atoms with Gasteiger partial charge in [0, 0.05) is 0 Å². The van der Waals surface area contributed by atoms with Crippen LogP contribution in [-0.2, 0) is 34.1 Å². The molecule has 4 saturated carbocycles. The van der Waals surface area contributed by atoms with Crippen LogP contribution in [0, 0.1) is 29.1 Å². The summed E-state index contributed by atoms with van der Waals surface area (Å²) in [5, 5.41) is 0. The van der Waals surface area contributed by atoms with Gasteiger partial charge in [-0.2, -0.15) is 0 Å². The normalized spacial score (nSPS) is 30.1. The van der Waals surface area contributed by atoms with Crippen molar-refractivity contribution in [3.63, 3.8) is 0 Å². The van der Waals surface area contributed by atoms with Crippen LogP contribution in [0.3, 0.4) is 0 Å². The van der Waals surface area contributed by atoms with E-state index in [0.29, 0.717) is 15.0 Å². The van der Waals surface area contributed by atoms with Gasteiger partial charge in [0.05, 0.1) is 0 Å². The first-order valence-electron chi connectivity index (χ1n) is 15.4. The Morgan fingerprint density at radius 2 is 1.15 bits per heavy atom. The second kappa shape index (κ2) is 10.5. The van der Waals surface area contributed by atoms with Gasteiger partial charge in [-0.25, -0.2) is 0 Å². The molecule has 1 atom stereocenters. The number of halogens is 2. The van der Waals surface area contributed by atoms with E-state index >= 15 is 0 Å². The summed E-state index contributed by atoms with van der Waals surface area (Å²) in [5.41, 5.74) is 12.0. The maximum Gasteiger partial charge on any atom is -1.00 e. The summed E-state index contributed by atoms with van der Waals surface area (Å²) >= 11 is -0.891. The third-order valence-corrected chi connectivity index (χ3v) is 15.7. The molecule has 0 aliphatic heterocycles. The molecule has 0 nitrogen and oxygen atoms in total. The summed E-state index contributed by atoms with van der Waals surface area (Å²) < 4.78 is 2.59. The molecule has 0 radical (unpaired) electrons. The van der Waals surface area contributed by atoms with Crippen molar-refractivity contribution in [1.82, 2.24) is 0 Å². The second-order valence-corrected chi connectivity index (χ2v) is 19.3. The van der Waals surface area contributed by atoms with Crippen LogP contribution >= 0.6 is 0 Å². The van der Waals surface area contributed by atoms with Gasteiger partial charge in [0.25, 0.3) is 0 Å². The van der Waals surface area contributed by atoms with Gasteiger partial charge in [-0.05, 0) is 0 Å². The van der Waals surface area contributed by atoms with Crippen molar-refractivity contribution in [1.29, 1.82) is 0 Å². The van der Waals surface area contributed by atoms with Crippen LogP contribution in [0.5, 0.6) is 0 Å². The molecule has 6 aliphatic rings. The Balaban J connectivity index is 0.00000161. The Labute approximate surface area is 267 Å². The largest absolute Gasteiger partial charge is 1.00 e. The molecule has 212 valence electrons. The summed E-state index contributed by atoms with van der Waals surface area (Å²) in [4.78, 5) is 0. The van der Waals surface area contributed by atoms with Crippen molar-refractivity contribution in [3.05, 3.63) is 79.7 Å². The molecule has 8 rings (SSSR count). The fraction of sp³-hybridized carbons (Fsp3) is 0.568. The molecule has 3 heteroatoms. The molecule has 6 aliphatic carbocycles. The summed E-state index contributed by atoms with van der Waals surface area (Å²) in [6, 6.07) is 15.1. The van der Waals surface area contributed by atoms with E-state index in [1.54, 1.807) is 22.3 Å². The van der Waals surface area contributed by atoms with Crippen LogP contribution in [-0.4, -0.2) is 0 Å². The van der Waals surface area contributed by atoms with Gasteiger partial charge < -0.3 is 24.8 Å². The first-order valence-corrected chi connectivity index (χ1v) is 18.0. The van der Waals surface area contributed by atoms with Crippen molar-refractivity contribution in [3.8, 4) is 11.1 Å². The van der Waals surface area contributed by atoms with Crippen LogP contribution in [0.2, 0.25) is 0 Å². The van der Waals surface area contributed by atoms with Gasteiger partial charge >= 0.3 is 245 Å². The fourth-order valence-electron chi connectivity index (χ4n) is 9.28. The van der Waals surface area contributed by atoms with E-state index in [4.69, 9.17) is 0 Å². The maximum atomic E-state index is 2.65. The minimum Gasteiger partial charge on any atom is -1.00 e. The number of fused-ring (bicyclic) bond motifs is 3. The number of hydrogen-bond donors (Lipinski definition) is 0. The topological polar surface area (TPSA) is 0 Å². The summed E-state index contributed by atoms with van der Waals surface area (Å²) in [7, 11) is 0. The molecule has 0 heterocycles. The molecule has 0 amide bonds. The molecule has 2 aromatic carbocycles. The van der Waals surface area contributed by atoms with Crippen molar-refractivity contribution < 1.29 is 48.0 Å². The van der Waals surface area contributed by atoms with E-state index in [1.165, 1.54) is 49.7 Å². The molecule has 4 fully saturated rings. The van der Waals surface area contributed by atoms with E-state index in [9.17, 15) is 0 Å². The van der Waals surface area contributed by atoms with Crippen LogP contribution in [0.1, 0.15) is 113 Å². The zero-order valence-electron chi connectivity index (χ0n) is 25.5. The van der Waals surface area contributed by atoms with E-state index in [1.807, 2.05) is 8.85 Å². The zero-order chi connectivity index (χ0) is 26.6. The number of rotatable bonds is 3. The van der Waals surface area contributed by atoms with Gasteiger partial charge in [-0.1, -0.05) is 0 Å². The van der Waals surface area contributed by atoms with Gasteiger partial charge in [0.15, 0.2) is 0 Å². The van der Waals surface area contributed by atoms with Crippen LogP contribution in [0.25, 0.3) is 11.1 Å². The quantitative estimate of drug-likeness (QED) is 0.469. The van der Waals surface area contributed by atoms with E-state index in [2.05, 4.69) is 97.0 Å². The third kappa shape index (κ3) is 5.01. The number of hydrogen-bond acceptors (Lipinski definition) is 0. The molecule has 0 spiro atoms.